The van der Waals surface area contributed by atoms with E-state index >= 15 is 0 Å². The number of nitrogens with zero attached hydrogens (tertiary/aromatic N) is 2. The molecule has 1 aromatic rings. The minimum absolute atomic E-state index is 0.00463. The molecule has 0 unspecified atom stereocenters. The Hall–Kier alpha value is -0.540. The molecule has 1 N–H and O–H groups in total. The van der Waals surface area contributed by atoms with E-state index in [0.717, 1.165) is 17.8 Å². The van der Waals surface area contributed by atoms with Gasteiger partial charge in [0.05, 0.1) is 12.3 Å². The van der Waals surface area contributed by atoms with Crippen LogP contribution in [0, 0.1) is 0 Å². The fourth-order valence-corrected chi connectivity index (χ4v) is 2.69. The fourth-order valence-electron chi connectivity index (χ4n) is 2.38. The van der Waals surface area contributed by atoms with E-state index in [1.54, 1.807) is 4.68 Å². The van der Waals surface area contributed by atoms with Crippen LogP contribution in [0.2, 0.25) is 5.15 Å². The lowest BCUT2D eigenvalue weighted by Gasteiger charge is -2.06. The van der Waals surface area contributed by atoms with Crippen LogP contribution >= 0.6 is 11.6 Å². The molecule has 0 aliphatic heterocycles. The Labute approximate surface area is 95.0 Å². The first-order valence-electron chi connectivity index (χ1n) is 5.63. The zero-order chi connectivity index (χ0) is 10.8. The molecule has 15 heavy (non-hydrogen) atoms. The highest BCUT2D eigenvalue weighted by Gasteiger charge is 2.25. The first-order chi connectivity index (χ1) is 7.27. The zero-order valence-corrected chi connectivity index (χ0v) is 9.80. The number of rotatable bonds is 3. The van der Waals surface area contributed by atoms with Gasteiger partial charge in [-0.05, 0) is 19.8 Å². The molecule has 0 spiro atoms. The predicted octanol–water partition coefficient (Wildman–Crippen LogP) is 2.71. The molecule has 0 saturated heterocycles. The number of aliphatic hydroxyl groups excluding tert-OH is 1. The molecule has 2 rings (SSSR count). The fraction of sp³-hybridized carbons (Fsp3) is 0.727. The van der Waals surface area contributed by atoms with Crippen LogP contribution in [0.25, 0.3) is 0 Å². The maximum atomic E-state index is 9.33. The van der Waals surface area contributed by atoms with Crippen molar-refractivity contribution in [3.05, 3.63) is 16.4 Å². The molecule has 84 valence electrons. The van der Waals surface area contributed by atoms with Crippen molar-refractivity contribution in [2.75, 3.05) is 0 Å². The van der Waals surface area contributed by atoms with Gasteiger partial charge in [0.25, 0.3) is 0 Å². The molecular formula is C11H17ClN2O. The highest BCUT2D eigenvalue weighted by Crippen LogP contribution is 2.37. The van der Waals surface area contributed by atoms with Crippen molar-refractivity contribution in [2.24, 2.45) is 0 Å². The number of halogens is 1. The summed E-state index contributed by atoms with van der Waals surface area (Å²) in [5, 5.41) is 14.4. The van der Waals surface area contributed by atoms with Gasteiger partial charge in [0, 0.05) is 18.0 Å². The number of aliphatic hydroxyl groups is 1. The molecule has 0 amide bonds. The van der Waals surface area contributed by atoms with Crippen LogP contribution < -0.4 is 0 Å². The maximum Gasteiger partial charge on any atom is 0.132 e. The zero-order valence-electron chi connectivity index (χ0n) is 9.04. The lowest BCUT2D eigenvalue weighted by atomic mass is 10.0. The minimum atomic E-state index is 0.00463. The van der Waals surface area contributed by atoms with Crippen molar-refractivity contribution in [1.29, 1.82) is 0 Å². The first kappa shape index (κ1) is 11.0. The predicted molar refractivity (Wildman–Crippen MR) is 60.0 cm³/mol. The van der Waals surface area contributed by atoms with Gasteiger partial charge in [0.15, 0.2) is 0 Å². The molecule has 1 saturated carbocycles. The van der Waals surface area contributed by atoms with Crippen molar-refractivity contribution in [3.8, 4) is 0 Å². The number of aromatic nitrogens is 2. The Balaban J connectivity index is 2.36. The van der Waals surface area contributed by atoms with E-state index in [-0.39, 0.29) is 6.61 Å². The summed E-state index contributed by atoms with van der Waals surface area (Å²) in [4.78, 5) is 0. The van der Waals surface area contributed by atoms with Gasteiger partial charge in [-0.2, -0.15) is 5.10 Å². The summed E-state index contributed by atoms with van der Waals surface area (Å²) < 4.78 is 1.78. The van der Waals surface area contributed by atoms with E-state index in [1.165, 1.54) is 25.7 Å². The summed E-state index contributed by atoms with van der Waals surface area (Å²) in [6.07, 6.45) is 4.91. The third-order valence-electron chi connectivity index (χ3n) is 3.21. The van der Waals surface area contributed by atoms with Crippen LogP contribution in [-0.4, -0.2) is 14.9 Å². The Bertz CT molecular complexity index is 343. The molecule has 0 radical (unpaired) electrons. The van der Waals surface area contributed by atoms with Gasteiger partial charge >= 0.3 is 0 Å². The number of hydrogen-bond donors (Lipinski definition) is 1. The van der Waals surface area contributed by atoms with E-state index in [2.05, 4.69) is 5.10 Å². The SMILES string of the molecule is CCn1nc(C2CCCC2)c(CO)c1Cl. The molecule has 1 aliphatic carbocycles. The van der Waals surface area contributed by atoms with Crippen molar-refractivity contribution in [1.82, 2.24) is 9.78 Å². The van der Waals surface area contributed by atoms with Crippen molar-refractivity contribution in [3.63, 3.8) is 0 Å². The Kier molecular flexibility index (Phi) is 3.32. The minimum Gasteiger partial charge on any atom is -0.391 e. The van der Waals surface area contributed by atoms with Gasteiger partial charge in [0.1, 0.15) is 5.15 Å². The van der Waals surface area contributed by atoms with Crippen molar-refractivity contribution < 1.29 is 5.11 Å². The molecule has 4 heteroatoms. The summed E-state index contributed by atoms with van der Waals surface area (Å²) in [5.74, 6) is 0.512. The average molecular weight is 229 g/mol. The second kappa shape index (κ2) is 4.54. The summed E-state index contributed by atoms with van der Waals surface area (Å²) >= 11 is 6.15. The summed E-state index contributed by atoms with van der Waals surface area (Å²) in [6.45, 7) is 2.78. The Morgan fingerprint density at radius 3 is 2.67 bits per heavy atom. The summed E-state index contributed by atoms with van der Waals surface area (Å²) in [7, 11) is 0. The van der Waals surface area contributed by atoms with E-state index < -0.39 is 0 Å². The molecule has 0 atom stereocenters. The van der Waals surface area contributed by atoms with Crippen LogP contribution in [-0.2, 0) is 13.2 Å². The van der Waals surface area contributed by atoms with Gasteiger partial charge in [-0.1, -0.05) is 24.4 Å². The molecule has 0 bridgehead atoms. The number of aryl methyl sites for hydroxylation is 1. The van der Waals surface area contributed by atoms with Crippen LogP contribution in [0.5, 0.6) is 0 Å². The molecular weight excluding hydrogens is 212 g/mol. The smallest absolute Gasteiger partial charge is 0.132 e. The highest BCUT2D eigenvalue weighted by atomic mass is 35.5. The van der Waals surface area contributed by atoms with Crippen LogP contribution in [0.15, 0.2) is 0 Å². The number of hydrogen-bond acceptors (Lipinski definition) is 2. The second-order valence-electron chi connectivity index (χ2n) is 4.11. The molecule has 1 heterocycles. The van der Waals surface area contributed by atoms with Crippen LogP contribution in [0.3, 0.4) is 0 Å². The van der Waals surface area contributed by atoms with E-state index in [1.807, 2.05) is 6.92 Å². The highest BCUT2D eigenvalue weighted by molar-refractivity contribution is 6.30. The van der Waals surface area contributed by atoms with E-state index in [9.17, 15) is 5.11 Å². The topological polar surface area (TPSA) is 38.0 Å². The van der Waals surface area contributed by atoms with Gasteiger partial charge in [0.2, 0.25) is 0 Å². The molecule has 0 aromatic carbocycles. The average Bonchev–Trinajstić information content (AvgIpc) is 2.84. The quantitative estimate of drug-likeness (QED) is 0.864. The van der Waals surface area contributed by atoms with Gasteiger partial charge < -0.3 is 5.11 Å². The van der Waals surface area contributed by atoms with Gasteiger partial charge in [-0.15, -0.1) is 0 Å². The standard InChI is InChI=1S/C11H17ClN2O/c1-2-14-11(12)9(7-15)10(13-14)8-5-3-4-6-8/h8,15H,2-7H2,1H3. The third kappa shape index (κ3) is 1.91. The monoisotopic (exact) mass is 228 g/mol. The Morgan fingerprint density at radius 2 is 2.13 bits per heavy atom. The van der Waals surface area contributed by atoms with E-state index in [0.29, 0.717) is 11.1 Å². The first-order valence-corrected chi connectivity index (χ1v) is 6.01. The molecule has 3 nitrogen and oxygen atoms in total. The lowest BCUT2D eigenvalue weighted by Crippen LogP contribution is -2.00. The van der Waals surface area contributed by atoms with Crippen molar-refractivity contribution >= 4 is 11.6 Å². The maximum absolute atomic E-state index is 9.33. The lowest BCUT2D eigenvalue weighted by molar-refractivity contribution is 0.280. The van der Waals surface area contributed by atoms with Crippen LogP contribution in [0.4, 0.5) is 0 Å². The largest absolute Gasteiger partial charge is 0.391 e. The van der Waals surface area contributed by atoms with Gasteiger partial charge in [-0.25, -0.2) is 0 Å². The van der Waals surface area contributed by atoms with Crippen molar-refractivity contribution in [2.45, 2.75) is 51.7 Å². The third-order valence-corrected chi connectivity index (χ3v) is 3.64. The molecule has 1 aromatic heterocycles. The Morgan fingerprint density at radius 1 is 1.47 bits per heavy atom. The van der Waals surface area contributed by atoms with E-state index in [4.69, 9.17) is 11.6 Å². The second-order valence-corrected chi connectivity index (χ2v) is 4.47. The molecule has 1 fully saturated rings. The summed E-state index contributed by atoms with van der Waals surface area (Å²) in [6, 6.07) is 0. The van der Waals surface area contributed by atoms with Gasteiger partial charge in [-0.3, -0.25) is 4.68 Å². The molecule has 1 aliphatic rings. The normalized spacial score (nSPS) is 17.5. The van der Waals surface area contributed by atoms with Crippen LogP contribution in [0.1, 0.15) is 49.8 Å². The summed E-state index contributed by atoms with van der Waals surface area (Å²) in [5.41, 5.74) is 1.87.